The van der Waals surface area contributed by atoms with Crippen molar-refractivity contribution in [3.8, 4) is 0 Å². The molecule has 1 atom stereocenters. The molecule has 0 radical (unpaired) electrons. The Bertz CT molecular complexity index is 451. The number of halogens is 1. The molecule has 0 aromatic heterocycles. The van der Waals surface area contributed by atoms with Crippen LogP contribution in [0.3, 0.4) is 0 Å². The zero-order valence-electron chi connectivity index (χ0n) is 11.2. The van der Waals surface area contributed by atoms with E-state index in [9.17, 15) is 9.59 Å². The van der Waals surface area contributed by atoms with E-state index in [-0.39, 0.29) is 18.4 Å². The fraction of sp³-hybridized carbons (Fsp3) is 0.385. The maximum Gasteiger partial charge on any atom is 0.251 e. The molecule has 1 rings (SSSR count). The standard InChI is InChI=1S/C13H18ClN3O3/c1-20-8-11(15)13(19)17-7-6-16-12(18)9-2-4-10(14)5-3-9/h2-5,11H,6-8,15H2,1H3,(H,16,18)(H,17,19). The Morgan fingerprint density at radius 3 is 2.45 bits per heavy atom. The summed E-state index contributed by atoms with van der Waals surface area (Å²) < 4.78 is 4.77. The van der Waals surface area contributed by atoms with Gasteiger partial charge in [0.2, 0.25) is 5.91 Å². The Morgan fingerprint density at radius 2 is 1.85 bits per heavy atom. The Balaban J connectivity index is 2.25. The highest BCUT2D eigenvalue weighted by Gasteiger charge is 2.12. The predicted molar refractivity (Wildman–Crippen MR) is 76.6 cm³/mol. The molecule has 1 unspecified atom stereocenters. The number of carbonyl (C=O) groups excluding carboxylic acids is 2. The maximum atomic E-state index is 11.7. The van der Waals surface area contributed by atoms with Crippen molar-refractivity contribution in [2.24, 2.45) is 5.73 Å². The van der Waals surface area contributed by atoms with E-state index in [1.54, 1.807) is 24.3 Å². The molecule has 6 nitrogen and oxygen atoms in total. The number of carbonyl (C=O) groups is 2. The summed E-state index contributed by atoms with van der Waals surface area (Å²) in [7, 11) is 1.47. The van der Waals surface area contributed by atoms with Gasteiger partial charge in [0.05, 0.1) is 6.61 Å². The normalized spacial score (nSPS) is 11.8. The summed E-state index contributed by atoms with van der Waals surface area (Å²) in [6.07, 6.45) is 0. The average Bonchev–Trinajstić information content (AvgIpc) is 2.44. The molecule has 0 aliphatic heterocycles. The van der Waals surface area contributed by atoms with Gasteiger partial charge >= 0.3 is 0 Å². The number of hydrogen-bond donors (Lipinski definition) is 3. The number of nitrogens with one attached hydrogen (secondary N) is 2. The van der Waals surface area contributed by atoms with Crippen LogP contribution in [0.5, 0.6) is 0 Å². The quantitative estimate of drug-likeness (QED) is 0.625. The minimum Gasteiger partial charge on any atom is -0.383 e. The second kappa shape index (κ2) is 8.52. The molecule has 110 valence electrons. The minimum absolute atomic E-state index is 0.156. The number of rotatable bonds is 7. The summed E-state index contributed by atoms with van der Waals surface area (Å²) >= 11 is 5.73. The second-order valence-corrected chi connectivity index (χ2v) is 4.55. The van der Waals surface area contributed by atoms with Crippen LogP contribution < -0.4 is 16.4 Å². The van der Waals surface area contributed by atoms with Gasteiger partial charge < -0.3 is 21.1 Å². The lowest BCUT2D eigenvalue weighted by atomic mass is 10.2. The number of amides is 2. The molecule has 20 heavy (non-hydrogen) atoms. The highest BCUT2D eigenvalue weighted by Crippen LogP contribution is 2.08. The Hall–Kier alpha value is -1.63. The fourth-order valence-corrected chi connectivity index (χ4v) is 1.58. The van der Waals surface area contributed by atoms with E-state index in [1.807, 2.05) is 0 Å². The molecule has 2 amide bonds. The molecule has 0 spiro atoms. The first kappa shape index (κ1) is 16.4. The van der Waals surface area contributed by atoms with Gasteiger partial charge in [-0.1, -0.05) is 11.6 Å². The third kappa shape index (κ3) is 5.56. The Labute approximate surface area is 122 Å². The average molecular weight is 300 g/mol. The van der Waals surface area contributed by atoms with E-state index in [4.69, 9.17) is 22.1 Å². The number of ether oxygens (including phenoxy) is 1. The largest absolute Gasteiger partial charge is 0.383 e. The van der Waals surface area contributed by atoms with Crippen LogP contribution in [0.25, 0.3) is 0 Å². The zero-order valence-corrected chi connectivity index (χ0v) is 11.9. The maximum absolute atomic E-state index is 11.7. The molecular formula is C13H18ClN3O3. The fourth-order valence-electron chi connectivity index (χ4n) is 1.45. The van der Waals surface area contributed by atoms with Crippen molar-refractivity contribution >= 4 is 23.4 Å². The highest BCUT2D eigenvalue weighted by atomic mass is 35.5. The number of methoxy groups -OCH3 is 1. The third-order valence-electron chi connectivity index (χ3n) is 2.50. The number of hydrogen-bond acceptors (Lipinski definition) is 4. The van der Waals surface area contributed by atoms with Crippen molar-refractivity contribution in [2.75, 3.05) is 26.8 Å². The van der Waals surface area contributed by atoms with E-state index in [1.165, 1.54) is 7.11 Å². The van der Waals surface area contributed by atoms with Crippen LogP contribution in [0, 0.1) is 0 Å². The van der Waals surface area contributed by atoms with Crippen LogP contribution in [0.15, 0.2) is 24.3 Å². The lowest BCUT2D eigenvalue weighted by molar-refractivity contribution is -0.123. The summed E-state index contributed by atoms with van der Waals surface area (Å²) in [4.78, 5) is 23.2. The molecule has 0 fully saturated rings. The van der Waals surface area contributed by atoms with Gasteiger partial charge in [0.1, 0.15) is 6.04 Å². The van der Waals surface area contributed by atoms with Crippen molar-refractivity contribution in [3.05, 3.63) is 34.9 Å². The molecule has 0 aliphatic carbocycles. The predicted octanol–water partition coefficient (Wildman–Crippen LogP) is 0.160. The first-order valence-corrected chi connectivity index (χ1v) is 6.48. The second-order valence-electron chi connectivity index (χ2n) is 4.12. The monoisotopic (exact) mass is 299 g/mol. The van der Waals surface area contributed by atoms with Gasteiger partial charge in [0.15, 0.2) is 0 Å². The van der Waals surface area contributed by atoms with Gasteiger partial charge in [0.25, 0.3) is 5.91 Å². The van der Waals surface area contributed by atoms with E-state index in [2.05, 4.69) is 10.6 Å². The van der Waals surface area contributed by atoms with Crippen molar-refractivity contribution in [3.63, 3.8) is 0 Å². The van der Waals surface area contributed by atoms with Crippen LogP contribution >= 0.6 is 11.6 Å². The third-order valence-corrected chi connectivity index (χ3v) is 2.75. The topological polar surface area (TPSA) is 93.4 Å². The van der Waals surface area contributed by atoms with Crippen molar-refractivity contribution in [2.45, 2.75) is 6.04 Å². The number of benzene rings is 1. The van der Waals surface area contributed by atoms with Crippen LogP contribution in [-0.2, 0) is 9.53 Å². The van der Waals surface area contributed by atoms with Gasteiger partial charge in [0, 0.05) is 30.8 Å². The molecule has 0 aliphatic rings. The summed E-state index contributed by atoms with van der Waals surface area (Å²) in [6, 6.07) is 5.84. The van der Waals surface area contributed by atoms with Crippen LogP contribution in [-0.4, -0.2) is 44.7 Å². The SMILES string of the molecule is COCC(N)C(=O)NCCNC(=O)c1ccc(Cl)cc1. The molecule has 7 heteroatoms. The van der Waals surface area contributed by atoms with Gasteiger partial charge in [-0.15, -0.1) is 0 Å². The molecule has 0 saturated carbocycles. The summed E-state index contributed by atoms with van der Waals surface area (Å²) in [5.74, 6) is -0.537. The highest BCUT2D eigenvalue weighted by molar-refractivity contribution is 6.30. The molecule has 0 bridgehead atoms. The minimum atomic E-state index is -0.702. The molecule has 1 aromatic carbocycles. The Kier molecular flexibility index (Phi) is 7.00. The molecule has 0 heterocycles. The van der Waals surface area contributed by atoms with Gasteiger partial charge in [-0.3, -0.25) is 9.59 Å². The van der Waals surface area contributed by atoms with E-state index >= 15 is 0 Å². The van der Waals surface area contributed by atoms with Crippen LogP contribution in [0.4, 0.5) is 0 Å². The van der Waals surface area contributed by atoms with Gasteiger partial charge in [-0.2, -0.15) is 0 Å². The van der Waals surface area contributed by atoms with Gasteiger partial charge in [-0.25, -0.2) is 0 Å². The van der Waals surface area contributed by atoms with Gasteiger partial charge in [-0.05, 0) is 24.3 Å². The molecule has 4 N–H and O–H groups in total. The Morgan fingerprint density at radius 1 is 1.25 bits per heavy atom. The molecule has 1 aromatic rings. The smallest absolute Gasteiger partial charge is 0.251 e. The number of nitrogens with two attached hydrogens (primary N) is 1. The van der Waals surface area contributed by atoms with Crippen molar-refractivity contribution in [1.82, 2.24) is 10.6 Å². The van der Waals surface area contributed by atoms with E-state index < -0.39 is 6.04 Å². The summed E-state index contributed by atoms with van der Waals surface area (Å²) in [5.41, 5.74) is 6.05. The van der Waals surface area contributed by atoms with E-state index in [0.29, 0.717) is 23.7 Å². The lowest BCUT2D eigenvalue weighted by Crippen LogP contribution is -2.45. The zero-order chi connectivity index (χ0) is 15.0. The molecular weight excluding hydrogens is 282 g/mol. The molecule has 0 saturated heterocycles. The van der Waals surface area contributed by atoms with Crippen LogP contribution in [0.2, 0.25) is 5.02 Å². The lowest BCUT2D eigenvalue weighted by Gasteiger charge is -2.11. The van der Waals surface area contributed by atoms with Crippen molar-refractivity contribution in [1.29, 1.82) is 0 Å². The first-order chi connectivity index (χ1) is 9.54. The first-order valence-electron chi connectivity index (χ1n) is 6.10. The van der Waals surface area contributed by atoms with Crippen molar-refractivity contribution < 1.29 is 14.3 Å². The summed E-state index contributed by atoms with van der Waals surface area (Å²) in [6.45, 7) is 0.769. The summed E-state index contributed by atoms with van der Waals surface area (Å²) in [5, 5.41) is 5.85. The van der Waals surface area contributed by atoms with Crippen LogP contribution in [0.1, 0.15) is 10.4 Å². The van der Waals surface area contributed by atoms with E-state index in [0.717, 1.165) is 0 Å².